The molecule has 5 rings (SSSR count). The number of methoxy groups -OCH3 is 4. The summed E-state index contributed by atoms with van der Waals surface area (Å²) in [6.45, 7) is 4.78. The molecule has 9 heteroatoms. The standard InChI is InChI=1S/C30H42N2O6S/c1-7-19-18-31-10-8-20-14-27(35-2)29(37-4)16-23(20)25(31)12-22(19)13-26-24-17-30(38-5)28(36-3)15-21(24)9-11-32(26)39(6,33)34/h14-17,19,22,25-26H,7-13,18H2,1-6H3/t19-,22-,25-,26+/m0/s1. The van der Waals surface area contributed by atoms with Crippen LogP contribution < -0.4 is 18.9 Å². The van der Waals surface area contributed by atoms with Crippen LogP contribution in [0.3, 0.4) is 0 Å². The maximum Gasteiger partial charge on any atom is 0.211 e. The lowest BCUT2D eigenvalue weighted by Crippen LogP contribution is -2.47. The van der Waals surface area contributed by atoms with Crippen LogP contribution in [0.1, 0.15) is 60.5 Å². The summed E-state index contributed by atoms with van der Waals surface area (Å²) >= 11 is 0. The third-order valence-corrected chi connectivity index (χ3v) is 10.5. The lowest BCUT2D eigenvalue weighted by molar-refractivity contribution is 0.0387. The Bertz CT molecular complexity index is 1310. The number of benzene rings is 2. The third kappa shape index (κ3) is 5.21. The van der Waals surface area contributed by atoms with Crippen molar-refractivity contribution in [3.8, 4) is 23.0 Å². The molecule has 0 radical (unpaired) electrons. The van der Waals surface area contributed by atoms with E-state index < -0.39 is 10.0 Å². The van der Waals surface area contributed by atoms with Crippen LogP contribution >= 0.6 is 0 Å². The summed E-state index contributed by atoms with van der Waals surface area (Å²) in [4.78, 5) is 2.62. The van der Waals surface area contributed by atoms with E-state index in [0.717, 1.165) is 61.4 Å². The molecule has 0 spiro atoms. The first-order valence-corrected chi connectivity index (χ1v) is 15.8. The topological polar surface area (TPSA) is 77.5 Å². The van der Waals surface area contributed by atoms with Crippen LogP contribution in [0.15, 0.2) is 24.3 Å². The molecule has 0 saturated carbocycles. The largest absolute Gasteiger partial charge is 0.493 e. The van der Waals surface area contributed by atoms with E-state index in [1.54, 1.807) is 32.7 Å². The predicted molar refractivity (Wildman–Crippen MR) is 152 cm³/mol. The zero-order valence-corrected chi connectivity index (χ0v) is 24.8. The van der Waals surface area contributed by atoms with Crippen LogP contribution in [0.5, 0.6) is 23.0 Å². The minimum Gasteiger partial charge on any atom is -0.493 e. The number of piperidine rings is 1. The molecule has 1 fully saturated rings. The van der Waals surface area contributed by atoms with Gasteiger partial charge in [-0.05, 0) is 84.0 Å². The molecule has 0 bridgehead atoms. The van der Waals surface area contributed by atoms with Gasteiger partial charge in [0, 0.05) is 25.7 Å². The highest BCUT2D eigenvalue weighted by Crippen LogP contribution is 2.49. The van der Waals surface area contributed by atoms with Gasteiger partial charge in [-0.15, -0.1) is 0 Å². The molecule has 2 aromatic rings. The second-order valence-corrected chi connectivity index (χ2v) is 13.0. The summed E-state index contributed by atoms with van der Waals surface area (Å²) in [6.07, 6.45) is 5.82. The summed E-state index contributed by atoms with van der Waals surface area (Å²) < 4.78 is 50.2. The van der Waals surface area contributed by atoms with Crippen molar-refractivity contribution in [1.29, 1.82) is 0 Å². The lowest BCUT2D eigenvalue weighted by atomic mass is 9.72. The Balaban J connectivity index is 1.52. The quantitative estimate of drug-likeness (QED) is 0.468. The highest BCUT2D eigenvalue weighted by molar-refractivity contribution is 7.88. The van der Waals surface area contributed by atoms with Crippen LogP contribution in [0.2, 0.25) is 0 Å². The fourth-order valence-electron chi connectivity index (χ4n) is 7.19. The Labute approximate surface area is 233 Å². The van der Waals surface area contributed by atoms with Crippen LogP contribution in [-0.2, 0) is 22.9 Å². The normalized spacial score (nSPS) is 25.3. The lowest BCUT2D eigenvalue weighted by Gasteiger charge is -2.49. The molecule has 0 aliphatic carbocycles. The zero-order chi connectivity index (χ0) is 27.9. The van der Waals surface area contributed by atoms with Crippen molar-refractivity contribution in [2.75, 3.05) is 54.3 Å². The Morgan fingerprint density at radius 3 is 1.90 bits per heavy atom. The molecule has 0 amide bonds. The van der Waals surface area contributed by atoms with Gasteiger partial charge in [0.05, 0.1) is 40.7 Å². The van der Waals surface area contributed by atoms with Crippen molar-refractivity contribution < 1.29 is 27.4 Å². The molecule has 0 aromatic heterocycles. The van der Waals surface area contributed by atoms with E-state index in [1.165, 1.54) is 17.4 Å². The third-order valence-electron chi connectivity index (χ3n) is 9.21. The second kappa shape index (κ2) is 11.2. The van der Waals surface area contributed by atoms with Gasteiger partial charge in [-0.1, -0.05) is 13.3 Å². The van der Waals surface area contributed by atoms with Crippen molar-refractivity contribution in [3.63, 3.8) is 0 Å². The van der Waals surface area contributed by atoms with Gasteiger partial charge in [-0.2, -0.15) is 4.31 Å². The Morgan fingerprint density at radius 1 is 0.795 bits per heavy atom. The number of fused-ring (bicyclic) bond motifs is 4. The van der Waals surface area contributed by atoms with Crippen molar-refractivity contribution in [2.24, 2.45) is 11.8 Å². The molecular weight excluding hydrogens is 516 g/mol. The van der Waals surface area contributed by atoms with Crippen LogP contribution in [0.25, 0.3) is 0 Å². The van der Waals surface area contributed by atoms with Gasteiger partial charge >= 0.3 is 0 Å². The predicted octanol–water partition coefficient (Wildman–Crippen LogP) is 4.62. The molecule has 8 nitrogen and oxygen atoms in total. The molecule has 214 valence electrons. The van der Waals surface area contributed by atoms with E-state index in [4.69, 9.17) is 18.9 Å². The van der Waals surface area contributed by atoms with E-state index in [-0.39, 0.29) is 12.1 Å². The van der Waals surface area contributed by atoms with Crippen LogP contribution in [0.4, 0.5) is 0 Å². The van der Waals surface area contributed by atoms with E-state index >= 15 is 0 Å². The summed E-state index contributed by atoms with van der Waals surface area (Å²) in [5.41, 5.74) is 4.81. The van der Waals surface area contributed by atoms with Crippen LogP contribution in [0, 0.1) is 11.8 Å². The molecule has 4 atom stereocenters. The SMILES string of the molecule is CC[C@H]1CN2CCc3cc(OC)c(OC)cc3[C@@H]2C[C@H]1C[C@@H]1c2cc(OC)c(OC)cc2CCN1S(C)(=O)=O. The van der Waals surface area contributed by atoms with Gasteiger partial charge in [0.15, 0.2) is 23.0 Å². The number of hydrogen-bond acceptors (Lipinski definition) is 7. The highest BCUT2D eigenvalue weighted by atomic mass is 32.2. The van der Waals surface area contributed by atoms with Gasteiger partial charge < -0.3 is 18.9 Å². The average Bonchev–Trinajstić information content (AvgIpc) is 2.94. The molecule has 3 aliphatic heterocycles. The molecule has 3 aliphatic rings. The fraction of sp³-hybridized carbons (Fsp3) is 0.600. The first-order chi connectivity index (χ1) is 18.7. The molecule has 1 saturated heterocycles. The summed E-state index contributed by atoms with van der Waals surface area (Å²) in [7, 11) is 3.24. The van der Waals surface area contributed by atoms with E-state index in [0.29, 0.717) is 36.3 Å². The summed E-state index contributed by atoms with van der Waals surface area (Å²) in [5.74, 6) is 3.72. The Hall–Kier alpha value is -2.49. The van der Waals surface area contributed by atoms with Crippen molar-refractivity contribution in [1.82, 2.24) is 9.21 Å². The fourth-order valence-corrected chi connectivity index (χ4v) is 8.27. The second-order valence-electron chi connectivity index (χ2n) is 11.1. The first-order valence-electron chi connectivity index (χ1n) is 13.9. The molecule has 3 heterocycles. The molecule has 39 heavy (non-hydrogen) atoms. The van der Waals surface area contributed by atoms with Crippen molar-refractivity contribution in [2.45, 2.75) is 51.1 Å². The number of sulfonamides is 1. The first kappa shape index (κ1) is 28.1. The van der Waals surface area contributed by atoms with Crippen LogP contribution in [-0.4, -0.2) is 72.0 Å². The summed E-state index contributed by atoms with van der Waals surface area (Å²) in [5, 5.41) is 0. The van der Waals surface area contributed by atoms with Gasteiger partial charge in [-0.25, -0.2) is 8.42 Å². The Kier molecular flexibility index (Phi) is 8.04. The number of hydrogen-bond donors (Lipinski definition) is 0. The van der Waals surface area contributed by atoms with Crippen molar-refractivity contribution in [3.05, 3.63) is 46.5 Å². The molecule has 0 unspecified atom stereocenters. The van der Waals surface area contributed by atoms with Gasteiger partial charge in [-0.3, -0.25) is 4.90 Å². The minimum absolute atomic E-state index is 0.234. The monoisotopic (exact) mass is 558 g/mol. The highest BCUT2D eigenvalue weighted by Gasteiger charge is 2.42. The van der Waals surface area contributed by atoms with Gasteiger partial charge in [0.2, 0.25) is 10.0 Å². The van der Waals surface area contributed by atoms with Gasteiger partial charge in [0.1, 0.15) is 0 Å². The smallest absolute Gasteiger partial charge is 0.211 e. The van der Waals surface area contributed by atoms with E-state index in [1.807, 2.05) is 12.1 Å². The summed E-state index contributed by atoms with van der Waals surface area (Å²) in [6, 6.07) is 8.36. The van der Waals surface area contributed by atoms with E-state index in [9.17, 15) is 8.42 Å². The van der Waals surface area contributed by atoms with E-state index in [2.05, 4.69) is 24.0 Å². The zero-order valence-electron chi connectivity index (χ0n) is 24.0. The molecule has 2 aromatic carbocycles. The number of rotatable bonds is 8. The number of ether oxygens (including phenoxy) is 4. The average molecular weight is 559 g/mol. The molecule has 0 N–H and O–H groups in total. The van der Waals surface area contributed by atoms with Crippen molar-refractivity contribution >= 4 is 10.0 Å². The van der Waals surface area contributed by atoms with Gasteiger partial charge in [0.25, 0.3) is 0 Å². The maximum absolute atomic E-state index is 13.0. The number of nitrogens with zero attached hydrogens (tertiary/aromatic N) is 2. The molecular formula is C30H42N2O6S. The minimum atomic E-state index is -3.40. The Morgan fingerprint density at radius 2 is 1.33 bits per heavy atom. The maximum atomic E-state index is 13.0.